The van der Waals surface area contributed by atoms with Crippen LogP contribution in [0.15, 0.2) is 78.9 Å². The molecule has 1 amide bonds. The Labute approximate surface area is 210 Å². The Balaban J connectivity index is 1.85. The number of ether oxygens (including phenoxy) is 2. The van der Waals surface area contributed by atoms with Crippen LogP contribution in [0.2, 0.25) is 10.0 Å². The van der Waals surface area contributed by atoms with Gasteiger partial charge in [-0.05, 0) is 54.1 Å². The Morgan fingerprint density at radius 1 is 0.714 bits per heavy atom. The maximum atomic E-state index is 13.0. The molecule has 0 bridgehead atoms. The van der Waals surface area contributed by atoms with Crippen LogP contribution in [0.5, 0.6) is 0 Å². The zero-order valence-electron chi connectivity index (χ0n) is 18.0. The van der Waals surface area contributed by atoms with E-state index in [1.807, 2.05) is 0 Å². The van der Waals surface area contributed by atoms with E-state index < -0.39 is 36.0 Å². The molecule has 3 aromatic carbocycles. The standard InChI is InChI=1S/C25H19Cl2NO7/c26-18-10-6-16(7-11-18)24(32)34-20(22(29)28-14-15-4-2-1-3-5-15)21(23(30)31)35-25(33)17-8-12-19(27)13-9-17/h1-13,20-21H,14H2,(H,28,29)(H,30,31)/t20-,21+/m1/s1. The Morgan fingerprint density at radius 2 is 1.17 bits per heavy atom. The van der Waals surface area contributed by atoms with E-state index >= 15 is 0 Å². The number of esters is 2. The maximum absolute atomic E-state index is 13.0. The van der Waals surface area contributed by atoms with Gasteiger partial charge in [0.15, 0.2) is 0 Å². The van der Waals surface area contributed by atoms with Crippen molar-refractivity contribution >= 4 is 47.0 Å². The highest BCUT2D eigenvalue weighted by molar-refractivity contribution is 6.31. The molecule has 35 heavy (non-hydrogen) atoms. The molecule has 0 aromatic heterocycles. The molecule has 0 saturated heterocycles. The number of carboxylic acids is 1. The Hall–Kier alpha value is -3.88. The molecule has 0 fully saturated rings. The lowest BCUT2D eigenvalue weighted by Gasteiger charge is -2.23. The fraction of sp³-hybridized carbons (Fsp3) is 0.120. The highest BCUT2D eigenvalue weighted by atomic mass is 35.5. The predicted molar refractivity (Wildman–Crippen MR) is 127 cm³/mol. The van der Waals surface area contributed by atoms with Crippen LogP contribution in [0.4, 0.5) is 0 Å². The molecule has 180 valence electrons. The van der Waals surface area contributed by atoms with Gasteiger partial charge in [-0.3, -0.25) is 4.79 Å². The third-order valence-electron chi connectivity index (χ3n) is 4.71. The van der Waals surface area contributed by atoms with Crippen LogP contribution in [0.3, 0.4) is 0 Å². The fourth-order valence-corrected chi connectivity index (χ4v) is 3.17. The van der Waals surface area contributed by atoms with Crippen molar-refractivity contribution in [2.24, 2.45) is 0 Å². The van der Waals surface area contributed by atoms with Gasteiger partial charge in [0.05, 0.1) is 11.1 Å². The van der Waals surface area contributed by atoms with E-state index in [1.54, 1.807) is 30.3 Å². The van der Waals surface area contributed by atoms with E-state index in [9.17, 15) is 24.3 Å². The third-order valence-corrected chi connectivity index (χ3v) is 5.22. The number of benzene rings is 3. The molecule has 0 saturated carbocycles. The van der Waals surface area contributed by atoms with Gasteiger partial charge in [-0.2, -0.15) is 0 Å². The van der Waals surface area contributed by atoms with Crippen LogP contribution < -0.4 is 5.32 Å². The summed E-state index contributed by atoms with van der Waals surface area (Å²) in [6, 6.07) is 19.8. The lowest BCUT2D eigenvalue weighted by atomic mass is 10.1. The minimum Gasteiger partial charge on any atom is -0.478 e. The number of carbonyl (C=O) groups excluding carboxylic acids is 3. The first kappa shape index (κ1) is 25.7. The van der Waals surface area contributed by atoms with E-state index in [1.165, 1.54) is 48.5 Å². The smallest absolute Gasteiger partial charge is 0.349 e. The van der Waals surface area contributed by atoms with E-state index in [-0.39, 0.29) is 17.7 Å². The van der Waals surface area contributed by atoms with Crippen molar-refractivity contribution in [2.75, 3.05) is 0 Å². The van der Waals surface area contributed by atoms with Crippen LogP contribution in [0.25, 0.3) is 0 Å². The minimum atomic E-state index is -2.13. The Kier molecular flexibility index (Phi) is 8.83. The number of halogens is 2. The average molecular weight is 516 g/mol. The summed E-state index contributed by atoms with van der Waals surface area (Å²) in [5.74, 6) is -4.70. The lowest BCUT2D eigenvalue weighted by Crippen LogP contribution is -2.50. The second-order valence-electron chi connectivity index (χ2n) is 7.21. The molecule has 0 radical (unpaired) electrons. The van der Waals surface area contributed by atoms with Crippen LogP contribution in [-0.2, 0) is 25.6 Å². The topological polar surface area (TPSA) is 119 Å². The largest absolute Gasteiger partial charge is 0.478 e. The van der Waals surface area contributed by atoms with Crippen LogP contribution >= 0.6 is 23.2 Å². The summed E-state index contributed by atoms with van der Waals surface area (Å²) in [5.41, 5.74) is 0.727. The van der Waals surface area contributed by atoms with Crippen molar-refractivity contribution in [2.45, 2.75) is 18.8 Å². The molecule has 2 atom stereocenters. The second-order valence-corrected chi connectivity index (χ2v) is 8.08. The molecule has 0 aliphatic carbocycles. The van der Waals surface area contributed by atoms with Gasteiger partial charge < -0.3 is 19.9 Å². The summed E-state index contributed by atoms with van der Waals surface area (Å²) >= 11 is 11.6. The van der Waals surface area contributed by atoms with E-state index in [0.717, 1.165) is 0 Å². The molecule has 0 unspecified atom stereocenters. The molecule has 0 spiro atoms. The Bertz CT molecular complexity index is 1200. The summed E-state index contributed by atoms with van der Waals surface area (Å²) in [5, 5.41) is 13.0. The molecule has 0 aliphatic rings. The molecular weight excluding hydrogens is 497 g/mol. The highest BCUT2D eigenvalue weighted by Gasteiger charge is 2.40. The number of nitrogens with one attached hydrogen (secondary N) is 1. The van der Waals surface area contributed by atoms with E-state index in [4.69, 9.17) is 32.7 Å². The SMILES string of the molecule is O=C(O[C@H](C(=O)O)[C@@H](OC(=O)c1ccc(Cl)cc1)C(=O)NCc1ccccc1)c1ccc(Cl)cc1. The van der Waals surface area contributed by atoms with Crippen molar-refractivity contribution in [1.29, 1.82) is 0 Å². The zero-order chi connectivity index (χ0) is 25.4. The number of hydrogen-bond acceptors (Lipinski definition) is 6. The number of carbonyl (C=O) groups is 4. The molecule has 8 nitrogen and oxygen atoms in total. The number of amides is 1. The van der Waals surface area contributed by atoms with Gasteiger partial charge in [0.25, 0.3) is 5.91 Å². The summed E-state index contributed by atoms with van der Waals surface area (Å²) in [6.45, 7) is 0.0200. The molecular formula is C25H19Cl2NO7. The minimum absolute atomic E-state index is 0.00637. The number of rotatable bonds is 9. The number of aliphatic carboxylic acids is 1. The van der Waals surface area contributed by atoms with Gasteiger partial charge in [-0.1, -0.05) is 53.5 Å². The van der Waals surface area contributed by atoms with E-state index in [0.29, 0.717) is 15.6 Å². The number of hydrogen-bond donors (Lipinski definition) is 2. The monoisotopic (exact) mass is 515 g/mol. The molecule has 0 aliphatic heterocycles. The first-order valence-corrected chi connectivity index (χ1v) is 11.0. The van der Waals surface area contributed by atoms with E-state index in [2.05, 4.69) is 5.32 Å². The first-order chi connectivity index (χ1) is 16.7. The van der Waals surface area contributed by atoms with Crippen molar-refractivity contribution in [3.63, 3.8) is 0 Å². The summed E-state index contributed by atoms with van der Waals surface area (Å²) in [7, 11) is 0. The summed E-state index contributed by atoms with van der Waals surface area (Å²) in [6.07, 6.45) is -4.12. The quantitative estimate of drug-likeness (QED) is 0.411. The molecule has 0 heterocycles. The van der Waals surface area contributed by atoms with Crippen LogP contribution in [0.1, 0.15) is 26.3 Å². The van der Waals surface area contributed by atoms with Crippen molar-refractivity contribution in [1.82, 2.24) is 5.32 Å². The number of carboxylic acid groups (broad SMARTS) is 1. The molecule has 2 N–H and O–H groups in total. The maximum Gasteiger partial charge on any atom is 0.349 e. The zero-order valence-corrected chi connectivity index (χ0v) is 19.5. The van der Waals surface area contributed by atoms with Gasteiger partial charge in [-0.25, -0.2) is 14.4 Å². The molecule has 3 aromatic rings. The van der Waals surface area contributed by atoms with Gasteiger partial charge in [-0.15, -0.1) is 0 Å². The summed E-state index contributed by atoms with van der Waals surface area (Å²) in [4.78, 5) is 50.2. The van der Waals surface area contributed by atoms with Gasteiger partial charge in [0, 0.05) is 16.6 Å². The lowest BCUT2D eigenvalue weighted by molar-refractivity contribution is -0.159. The van der Waals surface area contributed by atoms with Crippen molar-refractivity contribution in [3.05, 3.63) is 106 Å². The highest BCUT2D eigenvalue weighted by Crippen LogP contribution is 2.17. The summed E-state index contributed by atoms with van der Waals surface area (Å²) < 4.78 is 10.3. The third kappa shape index (κ3) is 7.30. The fourth-order valence-electron chi connectivity index (χ4n) is 2.92. The second kappa shape index (κ2) is 12.0. The Morgan fingerprint density at radius 3 is 1.63 bits per heavy atom. The molecule has 10 heteroatoms. The molecule has 3 rings (SSSR count). The van der Waals surface area contributed by atoms with Crippen LogP contribution in [0, 0.1) is 0 Å². The van der Waals surface area contributed by atoms with Crippen molar-refractivity contribution in [3.8, 4) is 0 Å². The van der Waals surface area contributed by atoms with Gasteiger partial charge >= 0.3 is 17.9 Å². The predicted octanol–water partition coefficient (Wildman–Crippen LogP) is 4.15. The van der Waals surface area contributed by atoms with Crippen LogP contribution in [-0.4, -0.2) is 41.1 Å². The van der Waals surface area contributed by atoms with Gasteiger partial charge in [0.1, 0.15) is 0 Å². The van der Waals surface area contributed by atoms with Gasteiger partial charge in [0.2, 0.25) is 12.2 Å². The normalized spacial score (nSPS) is 12.2. The first-order valence-electron chi connectivity index (χ1n) is 10.2. The van der Waals surface area contributed by atoms with Crippen molar-refractivity contribution < 1.29 is 33.8 Å². The average Bonchev–Trinajstić information content (AvgIpc) is 2.85.